The van der Waals surface area contributed by atoms with Gasteiger partial charge < -0.3 is 20.5 Å². The molecule has 8 heteroatoms. The maximum atomic E-state index is 11.3. The Balaban J connectivity index is 2.32. The maximum absolute atomic E-state index is 11.3. The number of hydrogen-bond donors (Lipinski definition) is 2. The lowest BCUT2D eigenvalue weighted by atomic mass is 10.2. The number of aromatic carboxylic acids is 1. The van der Waals surface area contributed by atoms with E-state index in [0.29, 0.717) is 18.8 Å². The van der Waals surface area contributed by atoms with Gasteiger partial charge in [0.25, 0.3) is 0 Å². The molecule has 3 N–H and O–H groups in total. The number of primary amides is 1. The van der Waals surface area contributed by atoms with Gasteiger partial charge in [0.15, 0.2) is 0 Å². The first-order chi connectivity index (χ1) is 9.00. The first-order valence-electron chi connectivity index (χ1n) is 5.71. The lowest BCUT2D eigenvalue weighted by Crippen LogP contribution is -2.53. The summed E-state index contributed by atoms with van der Waals surface area (Å²) in [5.74, 6) is -1.32. The van der Waals surface area contributed by atoms with Gasteiger partial charge in [-0.1, -0.05) is 0 Å². The predicted molar refractivity (Wildman–Crippen MR) is 64.9 cm³/mol. The van der Waals surface area contributed by atoms with E-state index in [1.165, 1.54) is 6.20 Å². The molecule has 2 rings (SSSR count). The zero-order valence-electron chi connectivity index (χ0n) is 10.4. The molecular formula is C11H14N4O4. The van der Waals surface area contributed by atoms with Crippen molar-refractivity contribution in [3.05, 3.63) is 17.5 Å². The molecule has 1 aromatic rings. The van der Waals surface area contributed by atoms with Crippen LogP contribution in [0.5, 0.6) is 0 Å². The topological polar surface area (TPSA) is 119 Å². The van der Waals surface area contributed by atoms with Crippen LogP contribution < -0.4 is 10.6 Å². The van der Waals surface area contributed by atoms with Gasteiger partial charge in [-0.05, 0) is 6.92 Å². The van der Waals surface area contributed by atoms with Crippen molar-refractivity contribution in [1.82, 2.24) is 9.97 Å². The van der Waals surface area contributed by atoms with Crippen LogP contribution in [0, 0.1) is 6.92 Å². The molecule has 0 aliphatic carbocycles. The average molecular weight is 266 g/mol. The number of nitrogens with zero attached hydrogens (tertiary/aromatic N) is 3. The number of rotatable bonds is 3. The van der Waals surface area contributed by atoms with E-state index < -0.39 is 17.9 Å². The molecule has 1 aliphatic rings. The molecule has 102 valence electrons. The van der Waals surface area contributed by atoms with E-state index in [4.69, 9.17) is 15.6 Å². The van der Waals surface area contributed by atoms with Crippen molar-refractivity contribution in [2.75, 3.05) is 24.7 Å². The minimum atomic E-state index is -1.09. The molecule has 1 amide bonds. The van der Waals surface area contributed by atoms with Gasteiger partial charge in [-0.3, -0.25) is 4.79 Å². The number of carboxylic acid groups (broad SMARTS) is 1. The number of carboxylic acids is 1. The summed E-state index contributed by atoms with van der Waals surface area (Å²) in [6.07, 6.45) is 1.23. The lowest BCUT2D eigenvalue weighted by molar-refractivity contribution is -0.121. The molecule has 1 unspecified atom stereocenters. The van der Waals surface area contributed by atoms with Crippen LogP contribution in [0.1, 0.15) is 16.1 Å². The van der Waals surface area contributed by atoms with Crippen LogP contribution >= 0.6 is 0 Å². The number of hydrogen-bond acceptors (Lipinski definition) is 6. The fraction of sp³-hybridized carbons (Fsp3) is 0.455. The fourth-order valence-corrected chi connectivity index (χ4v) is 1.88. The van der Waals surface area contributed by atoms with E-state index in [-0.39, 0.29) is 18.1 Å². The van der Waals surface area contributed by atoms with E-state index in [0.717, 1.165) is 0 Å². The molecule has 2 heterocycles. The van der Waals surface area contributed by atoms with Crippen molar-refractivity contribution in [1.29, 1.82) is 0 Å². The number of nitrogens with two attached hydrogens (primary N) is 1. The van der Waals surface area contributed by atoms with Crippen LogP contribution in [0.25, 0.3) is 0 Å². The van der Waals surface area contributed by atoms with Crippen LogP contribution in [0.3, 0.4) is 0 Å². The Labute approximate surface area is 109 Å². The van der Waals surface area contributed by atoms with Gasteiger partial charge in [0.1, 0.15) is 6.04 Å². The van der Waals surface area contributed by atoms with Crippen LogP contribution in [0.4, 0.5) is 5.95 Å². The number of anilines is 1. The Hall–Kier alpha value is -2.22. The first kappa shape index (κ1) is 13.2. The van der Waals surface area contributed by atoms with Gasteiger partial charge in [0, 0.05) is 12.7 Å². The van der Waals surface area contributed by atoms with Crippen molar-refractivity contribution in [2.24, 2.45) is 5.73 Å². The van der Waals surface area contributed by atoms with E-state index in [2.05, 4.69) is 9.97 Å². The third-order valence-electron chi connectivity index (χ3n) is 2.91. The summed E-state index contributed by atoms with van der Waals surface area (Å²) in [5, 5.41) is 8.92. The number of aryl methyl sites for hydroxylation is 1. The first-order valence-corrected chi connectivity index (χ1v) is 5.71. The highest BCUT2D eigenvalue weighted by atomic mass is 16.5. The summed E-state index contributed by atoms with van der Waals surface area (Å²) in [6.45, 7) is 2.62. The fourth-order valence-electron chi connectivity index (χ4n) is 1.88. The van der Waals surface area contributed by atoms with Crippen molar-refractivity contribution in [3.63, 3.8) is 0 Å². The number of carbonyl (C=O) groups is 2. The normalized spacial score (nSPS) is 19.2. The van der Waals surface area contributed by atoms with E-state index in [1.54, 1.807) is 11.8 Å². The molecule has 0 saturated carbocycles. The predicted octanol–water partition coefficient (Wildman–Crippen LogP) is -0.826. The van der Waals surface area contributed by atoms with Gasteiger partial charge in [-0.2, -0.15) is 0 Å². The van der Waals surface area contributed by atoms with E-state index in [9.17, 15) is 9.59 Å². The van der Waals surface area contributed by atoms with Crippen molar-refractivity contribution in [2.45, 2.75) is 13.0 Å². The van der Waals surface area contributed by atoms with Gasteiger partial charge in [0.05, 0.1) is 24.5 Å². The summed E-state index contributed by atoms with van der Waals surface area (Å²) >= 11 is 0. The number of aromatic nitrogens is 2. The smallest absolute Gasteiger partial charge is 0.339 e. The molecule has 1 saturated heterocycles. The second-order valence-electron chi connectivity index (χ2n) is 4.16. The standard InChI is InChI=1S/C11H14N4O4/c1-6-7(10(17)18)4-13-11(14-6)15-2-3-19-5-8(15)9(12)16/h4,8H,2-3,5H2,1H3,(H2,12,16)(H,17,18). The Morgan fingerprint density at radius 1 is 1.58 bits per heavy atom. The second kappa shape index (κ2) is 5.19. The number of ether oxygens (including phenoxy) is 1. The lowest BCUT2D eigenvalue weighted by Gasteiger charge is -2.33. The highest BCUT2D eigenvalue weighted by Crippen LogP contribution is 2.16. The quantitative estimate of drug-likeness (QED) is 0.733. The molecule has 0 aromatic carbocycles. The van der Waals surface area contributed by atoms with Crippen LogP contribution in [0.15, 0.2) is 6.20 Å². The molecule has 0 bridgehead atoms. The molecule has 0 spiro atoms. The number of amides is 1. The minimum absolute atomic E-state index is 0.0348. The van der Waals surface area contributed by atoms with E-state index >= 15 is 0 Å². The van der Waals surface area contributed by atoms with Crippen LogP contribution in [-0.2, 0) is 9.53 Å². The molecule has 0 radical (unpaired) electrons. The highest BCUT2D eigenvalue weighted by Gasteiger charge is 2.30. The van der Waals surface area contributed by atoms with E-state index in [1.807, 2.05) is 0 Å². The molecule has 1 fully saturated rings. The largest absolute Gasteiger partial charge is 0.478 e. The second-order valence-corrected chi connectivity index (χ2v) is 4.16. The minimum Gasteiger partial charge on any atom is -0.478 e. The monoisotopic (exact) mass is 266 g/mol. The Kier molecular flexibility index (Phi) is 3.61. The van der Waals surface area contributed by atoms with Crippen molar-refractivity contribution in [3.8, 4) is 0 Å². The SMILES string of the molecule is Cc1nc(N2CCOCC2C(N)=O)ncc1C(=O)O. The van der Waals surface area contributed by atoms with Gasteiger partial charge in [-0.25, -0.2) is 14.8 Å². The number of morpholine rings is 1. The Morgan fingerprint density at radius 3 is 2.89 bits per heavy atom. The van der Waals surface area contributed by atoms with Crippen molar-refractivity contribution < 1.29 is 19.4 Å². The zero-order chi connectivity index (χ0) is 14.0. The van der Waals surface area contributed by atoms with Gasteiger partial charge in [0.2, 0.25) is 11.9 Å². The third-order valence-corrected chi connectivity index (χ3v) is 2.91. The maximum Gasteiger partial charge on any atom is 0.339 e. The Morgan fingerprint density at radius 2 is 2.32 bits per heavy atom. The summed E-state index contributed by atoms with van der Waals surface area (Å²) in [6, 6.07) is -0.635. The van der Waals surface area contributed by atoms with Crippen molar-refractivity contribution >= 4 is 17.8 Å². The van der Waals surface area contributed by atoms with Crippen LogP contribution in [0.2, 0.25) is 0 Å². The molecular weight excluding hydrogens is 252 g/mol. The molecule has 1 aliphatic heterocycles. The molecule has 8 nitrogen and oxygen atoms in total. The highest BCUT2D eigenvalue weighted by molar-refractivity contribution is 5.88. The average Bonchev–Trinajstić information content (AvgIpc) is 2.38. The molecule has 19 heavy (non-hydrogen) atoms. The number of carbonyl (C=O) groups excluding carboxylic acids is 1. The summed E-state index contributed by atoms with van der Waals surface area (Å²) in [5.41, 5.74) is 5.68. The molecule has 1 atom stereocenters. The summed E-state index contributed by atoms with van der Waals surface area (Å²) in [7, 11) is 0. The summed E-state index contributed by atoms with van der Waals surface area (Å²) in [4.78, 5) is 32.0. The summed E-state index contributed by atoms with van der Waals surface area (Å²) < 4.78 is 5.20. The third kappa shape index (κ3) is 2.63. The Bertz CT molecular complexity index is 519. The molecule has 1 aromatic heterocycles. The zero-order valence-corrected chi connectivity index (χ0v) is 10.4. The van der Waals surface area contributed by atoms with Gasteiger partial charge >= 0.3 is 5.97 Å². The van der Waals surface area contributed by atoms with Crippen LogP contribution in [-0.4, -0.2) is 52.8 Å². The van der Waals surface area contributed by atoms with Gasteiger partial charge in [-0.15, -0.1) is 0 Å².